The van der Waals surface area contributed by atoms with E-state index in [0.29, 0.717) is 6.42 Å². The van der Waals surface area contributed by atoms with Crippen molar-refractivity contribution in [2.45, 2.75) is 12.8 Å². The zero-order chi connectivity index (χ0) is 18.4. The molecule has 2 fully saturated rings. The molecule has 4 heterocycles. The molecule has 1 spiro atoms. The van der Waals surface area contributed by atoms with Gasteiger partial charge in [-0.1, -0.05) is 12.1 Å². The highest BCUT2D eigenvalue weighted by Crippen LogP contribution is 2.43. The molecule has 0 saturated carbocycles. The molecule has 1 amide bonds. The number of nitrogens with one attached hydrogen (secondary N) is 1. The van der Waals surface area contributed by atoms with Gasteiger partial charge in [0.05, 0.1) is 12.5 Å². The first-order valence-electron chi connectivity index (χ1n) is 9.06. The number of hydrogen-bond acceptors (Lipinski definition) is 6. The highest BCUT2D eigenvalue weighted by molar-refractivity contribution is 7.17. The summed E-state index contributed by atoms with van der Waals surface area (Å²) in [5.74, 6) is 1.98. The summed E-state index contributed by atoms with van der Waals surface area (Å²) >= 11 is 1.64. The van der Waals surface area contributed by atoms with Gasteiger partial charge >= 0.3 is 0 Å². The average Bonchev–Trinajstić information content (AvgIpc) is 3.41. The molecule has 1 N–H and O–H groups in total. The molecule has 5 rings (SSSR count). The maximum atomic E-state index is 11.7. The molecule has 3 aromatic rings. The third-order valence-electron chi connectivity index (χ3n) is 5.69. The van der Waals surface area contributed by atoms with Crippen molar-refractivity contribution < 1.29 is 9.53 Å². The summed E-state index contributed by atoms with van der Waals surface area (Å²) in [5.41, 5.74) is 2.32. The van der Waals surface area contributed by atoms with Crippen LogP contribution in [0.25, 0.3) is 21.3 Å². The Labute approximate surface area is 161 Å². The first-order valence-corrected chi connectivity index (χ1v) is 9.94. The highest BCUT2D eigenvalue weighted by atomic mass is 32.1. The van der Waals surface area contributed by atoms with E-state index in [-0.39, 0.29) is 11.3 Å². The number of amides is 1. The molecule has 1 aromatic carbocycles. The fourth-order valence-corrected chi connectivity index (χ4v) is 5.15. The quantitative estimate of drug-likeness (QED) is 0.756. The van der Waals surface area contributed by atoms with Crippen LogP contribution in [0.5, 0.6) is 5.75 Å². The molecule has 27 heavy (non-hydrogen) atoms. The number of carbonyl (C=O) groups is 1. The van der Waals surface area contributed by atoms with Gasteiger partial charge in [-0.25, -0.2) is 9.97 Å². The predicted octanol–water partition coefficient (Wildman–Crippen LogP) is 3.08. The fraction of sp³-hybridized carbons (Fsp3) is 0.350. The van der Waals surface area contributed by atoms with Crippen molar-refractivity contribution in [1.82, 2.24) is 15.3 Å². The van der Waals surface area contributed by atoms with Crippen molar-refractivity contribution in [3.05, 3.63) is 36.0 Å². The van der Waals surface area contributed by atoms with E-state index in [1.807, 2.05) is 12.1 Å². The zero-order valence-electron chi connectivity index (χ0n) is 15.1. The summed E-state index contributed by atoms with van der Waals surface area (Å²) in [6.45, 7) is 2.54. The zero-order valence-corrected chi connectivity index (χ0v) is 15.9. The Morgan fingerprint density at radius 1 is 1.26 bits per heavy atom. The first-order chi connectivity index (χ1) is 13.2. The highest BCUT2D eigenvalue weighted by Gasteiger charge is 2.44. The van der Waals surface area contributed by atoms with Crippen molar-refractivity contribution in [1.29, 1.82) is 0 Å². The predicted molar refractivity (Wildman–Crippen MR) is 106 cm³/mol. The number of fused-ring (bicyclic) bond motifs is 1. The number of benzene rings is 1. The summed E-state index contributed by atoms with van der Waals surface area (Å²) in [7, 11) is 1.67. The van der Waals surface area contributed by atoms with Gasteiger partial charge < -0.3 is 15.0 Å². The van der Waals surface area contributed by atoms with Crippen molar-refractivity contribution in [3.63, 3.8) is 0 Å². The number of rotatable bonds is 3. The van der Waals surface area contributed by atoms with E-state index in [2.05, 4.69) is 37.7 Å². The van der Waals surface area contributed by atoms with E-state index in [1.165, 1.54) is 0 Å². The molecular weight excluding hydrogens is 360 g/mol. The monoisotopic (exact) mass is 380 g/mol. The number of methoxy groups -OCH3 is 1. The third-order valence-corrected chi connectivity index (χ3v) is 6.57. The summed E-state index contributed by atoms with van der Waals surface area (Å²) in [4.78, 5) is 24.2. The minimum Gasteiger partial charge on any atom is -0.497 e. The molecule has 0 bridgehead atoms. The van der Waals surface area contributed by atoms with Gasteiger partial charge in [-0.15, -0.1) is 11.3 Å². The van der Waals surface area contributed by atoms with Crippen LogP contribution in [-0.4, -0.2) is 42.6 Å². The molecule has 0 radical (unpaired) electrons. The molecular formula is C20H20N4O2S. The lowest BCUT2D eigenvalue weighted by molar-refractivity contribution is -0.119. The summed E-state index contributed by atoms with van der Waals surface area (Å²) < 4.78 is 5.28. The lowest BCUT2D eigenvalue weighted by Gasteiger charge is -2.23. The normalized spacial score (nSPS) is 22.0. The van der Waals surface area contributed by atoms with Crippen LogP contribution in [-0.2, 0) is 4.79 Å². The number of hydrogen-bond donors (Lipinski definition) is 1. The van der Waals surface area contributed by atoms with Crippen LogP contribution in [0, 0.1) is 5.41 Å². The lowest BCUT2D eigenvalue weighted by atomic mass is 9.86. The maximum Gasteiger partial charge on any atom is 0.220 e. The first kappa shape index (κ1) is 16.5. The van der Waals surface area contributed by atoms with Crippen molar-refractivity contribution >= 4 is 33.3 Å². The van der Waals surface area contributed by atoms with Gasteiger partial charge in [0.25, 0.3) is 0 Å². The van der Waals surface area contributed by atoms with Gasteiger partial charge in [0.1, 0.15) is 22.7 Å². The van der Waals surface area contributed by atoms with Crippen molar-refractivity contribution in [3.8, 4) is 16.9 Å². The fourth-order valence-electron chi connectivity index (χ4n) is 4.24. The smallest absolute Gasteiger partial charge is 0.220 e. The van der Waals surface area contributed by atoms with Crippen LogP contribution in [0.1, 0.15) is 12.8 Å². The number of carbonyl (C=O) groups excluding carboxylic acids is 1. The lowest BCUT2D eigenvalue weighted by Crippen LogP contribution is -2.29. The van der Waals surface area contributed by atoms with E-state index >= 15 is 0 Å². The molecule has 7 heteroatoms. The second kappa shape index (κ2) is 6.20. The van der Waals surface area contributed by atoms with Crippen LogP contribution in [0.15, 0.2) is 36.0 Å². The van der Waals surface area contributed by atoms with Gasteiger partial charge in [-0.2, -0.15) is 0 Å². The van der Waals surface area contributed by atoms with Crippen molar-refractivity contribution in [2.75, 3.05) is 31.6 Å². The van der Waals surface area contributed by atoms with Gasteiger partial charge in [0.2, 0.25) is 5.91 Å². The van der Waals surface area contributed by atoms with E-state index < -0.39 is 0 Å². The Bertz CT molecular complexity index is 1020. The summed E-state index contributed by atoms with van der Waals surface area (Å²) in [5, 5.41) is 6.25. The van der Waals surface area contributed by atoms with Gasteiger partial charge in [-0.3, -0.25) is 4.79 Å². The minimum absolute atomic E-state index is 0.0463. The number of nitrogens with zero attached hydrogens (tertiary/aromatic N) is 3. The SMILES string of the molecule is COc1ccc(-c2csc3ncnc(N4CCC5(CNC(=O)C5)C4)c23)cc1. The molecule has 2 saturated heterocycles. The Morgan fingerprint density at radius 3 is 2.85 bits per heavy atom. The van der Waals surface area contributed by atoms with E-state index in [0.717, 1.165) is 59.0 Å². The van der Waals surface area contributed by atoms with E-state index in [9.17, 15) is 4.79 Å². The van der Waals surface area contributed by atoms with E-state index in [1.54, 1.807) is 24.8 Å². The number of ether oxygens (including phenoxy) is 1. The minimum atomic E-state index is 0.0463. The van der Waals surface area contributed by atoms with Crippen LogP contribution in [0.4, 0.5) is 5.82 Å². The molecule has 138 valence electrons. The number of thiophene rings is 1. The molecule has 2 aromatic heterocycles. The van der Waals surface area contributed by atoms with Crippen LogP contribution in [0.2, 0.25) is 0 Å². The second-order valence-corrected chi connectivity index (χ2v) is 8.24. The van der Waals surface area contributed by atoms with Gasteiger partial charge in [-0.05, 0) is 24.1 Å². The largest absolute Gasteiger partial charge is 0.497 e. The topological polar surface area (TPSA) is 67.4 Å². The molecule has 0 aliphatic carbocycles. The third kappa shape index (κ3) is 2.73. The molecule has 2 aliphatic rings. The number of aromatic nitrogens is 2. The van der Waals surface area contributed by atoms with E-state index in [4.69, 9.17) is 4.74 Å². The Balaban J connectivity index is 1.55. The Kier molecular flexibility index (Phi) is 3.79. The standard InChI is InChI=1S/C20H20N4O2S/c1-26-14-4-2-13(3-5-14)15-9-27-19-17(15)18(22-12-23-19)24-7-6-20(11-24)8-16(25)21-10-20/h2-5,9,12H,6-8,10-11H2,1H3,(H,21,25). The van der Waals surface area contributed by atoms with Crippen LogP contribution in [0.3, 0.4) is 0 Å². The van der Waals surface area contributed by atoms with Crippen LogP contribution >= 0.6 is 11.3 Å². The second-order valence-electron chi connectivity index (χ2n) is 7.38. The average molecular weight is 380 g/mol. The number of anilines is 1. The Morgan fingerprint density at radius 2 is 2.11 bits per heavy atom. The van der Waals surface area contributed by atoms with Crippen LogP contribution < -0.4 is 15.0 Å². The van der Waals surface area contributed by atoms with Gasteiger partial charge in [0, 0.05) is 42.4 Å². The van der Waals surface area contributed by atoms with Gasteiger partial charge in [0.15, 0.2) is 0 Å². The Hall–Kier alpha value is -2.67. The molecule has 2 aliphatic heterocycles. The molecule has 1 unspecified atom stereocenters. The summed E-state index contributed by atoms with van der Waals surface area (Å²) in [6, 6.07) is 8.09. The summed E-state index contributed by atoms with van der Waals surface area (Å²) in [6.07, 6.45) is 3.28. The molecule has 6 nitrogen and oxygen atoms in total. The van der Waals surface area contributed by atoms with Crippen molar-refractivity contribution in [2.24, 2.45) is 5.41 Å². The maximum absolute atomic E-state index is 11.7. The molecule has 1 atom stereocenters.